The van der Waals surface area contributed by atoms with Crippen molar-refractivity contribution in [1.29, 1.82) is 0 Å². The molecule has 0 aromatic carbocycles. The third-order valence-corrected chi connectivity index (χ3v) is 2.81. The summed E-state index contributed by atoms with van der Waals surface area (Å²) in [4.78, 5) is 4.10. The van der Waals surface area contributed by atoms with Gasteiger partial charge in [0.05, 0.1) is 19.3 Å². The Hall–Kier alpha value is -1.72. The number of pyridine rings is 1. The molecule has 96 valence electrons. The van der Waals surface area contributed by atoms with Gasteiger partial charge in [-0.15, -0.1) is 0 Å². The summed E-state index contributed by atoms with van der Waals surface area (Å²) in [6.45, 7) is 3.51. The number of hydrogen-bond donors (Lipinski definition) is 2. The lowest BCUT2D eigenvalue weighted by Gasteiger charge is -2.12. The second kappa shape index (κ2) is 6.28. The van der Waals surface area contributed by atoms with E-state index in [2.05, 4.69) is 28.4 Å². The van der Waals surface area contributed by atoms with Gasteiger partial charge in [0, 0.05) is 36.7 Å². The lowest BCUT2D eigenvalue weighted by molar-refractivity contribution is 0.269. The van der Waals surface area contributed by atoms with Gasteiger partial charge < -0.3 is 10.4 Å². The summed E-state index contributed by atoms with van der Waals surface area (Å²) in [7, 11) is 0. The van der Waals surface area contributed by atoms with Gasteiger partial charge in [-0.2, -0.15) is 5.10 Å². The number of rotatable bonds is 6. The smallest absolute Gasteiger partial charge is 0.0640 e. The fourth-order valence-corrected chi connectivity index (χ4v) is 1.74. The standard InChI is InChI=1S/C13H18N4O/c1-11(13-3-2-4-14-9-13)15-7-12-8-16-17(10-12)5-6-18/h2-4,8-11,15,18H,5-7H2,1H3/t11-/m0/s1. The Morgan fingerprint density at radius 3 is 3.06 bits per heavy atom. The van der Waals surface area contributed by atoms with Crippen molar-refractivity contribution in [3.63, 3.8) is 0 Å². The molecule has 0 aliphatic heterocycles. The first-order valence-electron chi connectivity index (χ1n) is 6.05. The molecule has 2 rings (SSSR count). The molecule has 2 aromatic rings. The third kappa shape index (κ3) is 3.38. The predicted molar refractivity (Wildman–Crippen MR) is 68.8 cm³/mol. The van der Waals surface area contributed by atoms with E-state index in [-0.39, 0.29) is 12.6 Å². The zero-order chi connectivity index (χ0) is 12.8. The molecular weight excluding hydrogens is 228 g/mol. The highest BCUT2D eigenvalue weighted by Gasteiger charge is 2.05. The van der Waals surface area contributed by atoms with Gasteiger partial charge in [0.25, 0.3) is 0 Å². The number of aliphatic hydroxyl groups excluding tert-OH is 1. The summed E-state index contributed by atoms with van der Waals surface area (Å²) in [6, 6.07) is 4.24. The van der Waals surface area contributed by atoms with Gasteiger partial charge in [-0.3, -0.25) is 9.67 Å². The molecule has 0 spiro atoms. The van der Waals surface area contributed by atoms with Crippen molar-refractivity contribution in [3.05, 3.63) is 48.0 Å². The Labute approximate surface area is 106 Å². The van der Waals surface area contributed by atoms with Gasteiger partial charge >= 0.3 is 0 Å². The fourth-order valence-electron chi connectivity index (χ4n) is 1.74. The van der Waals surface area contributed by atoms with Crippen LogP contribution in [0.25, 0.3) is 0 Å². The van der Waals surface area contributed by atoms with Crippen molar-refractivity contribution < 1.29 is 5.11 Å². The fraction of sp³-hybridized carbons (Fsp3) is 0.385. The molecule has 1 atom stereocenters. The van der Waals surface area contributed by atoms with Crippen molar-refractivity contribution in [2.24, 2.45) is 0 Å². The van der Waals surface area contributed by atoms with E-state index in [1.807, 2.05) is 24.7 Å². The van der Waals surface area contributed by atoms with Crippen molar-refractivity contribution in [2.45, 2.75) is 26.1 Å². The topological polar surface area (TPSA) is 63.0 Å². The van der Waals surface area contributed by atoms with Crippen LogP contribution in [-0.4, -0.2) is 26.5 Å². The van der Waals surface area contributed by atoms with Crippen molar-refractivity contribution in [2.75, 3.05) is 6.61 Å². The van der Waals surface area contributed by atoms with Crippen LogP contribution in [0.2, 0.25) is 0 Å². The van der Waals surface area contributed by atoms with E-state index in [9.17, 15) is 0 Å². The average molecular weight is 246 g/mol. The largest absolute Gasteiger partial charge is 0.394 e. The third-order valence-electron chi connectivity index (χ3n) is 2.81. The highest BCUT2D eigenvalue weighted by molar-refractivity contribution is 5.13. The molecule has 0 unspecified atom stereocenters. The number of nitrogens with one attached hydrogen (secondary N) is 1. The first-order chi connectivity index (χ1) is 8.79. The van der Waals surface area contributed by atoms with E-state index in [0.717, 1.165) is 12.1 Å². The molecule has 0 saturated carbocycles. The Balaban J connectivity index is 1.87. The molecule has 0 radical (unpaired) electrons. The van der Waals surface area contributed by atoms with E-state index >= 15 is 0 Å². The minimum Gasteiger partial charge on any atom is -0.394 e. The van der Waals surface area contributed by atoms with Crippen LogP contribution in [0.3, 0.4) is 0 Å². The summed E-state index contributed by atoms with van der Waals surface area (Å²) < 4.78 is 1.74. The molecule has 5 heteroatoms. The van der Waals surface area contributed by atoms with E-state index in [0.29, 0.717) is 6.54 Å². The maximum Gasteiger partial charge on any atom is 0.0640 e. The van der Waals surface area contributed by atoms with Gasteiger partial charge in [0.2, 0.25) is 0 Å². The van der Waals surface area contributed by atoms with Crippen molar-refractivity contribution in [3.8, 4) is 0 Å². The summed E-state index contributed by atoms with van der Waals surface area (Å²) >= 11 is 0. The number of aliphatic hydroxyl groups is 1. The average Bonchev–Trinajstić information content (AvgIpc) is 2.85. The second-order valence-corrected chi connectivity index (χ2v) is 4.22. The first kappa shape index (κ1) is 12.7. The van der Waals surface area contributed by atoms with Crippen LogP contribution in [0, 0.1) is 0 Å². The van der Waals surface area contributed by atoms with Gasteiger partial charge in [0.15, 0.2) is 0 Å². The molecule has 5 nitrogen and oxygen atoms in total. The normalized spacial score (nSPS) is 12.6. The maximum atomic E-state index is 8.81. The molecule has 0 amide bonds. The lowest BCUT2D eigenvalue weighted by atomic mass is 10.1. The highest BCUT2D eigenvalue weighted by Crippen LogP contribution is 2.10. The minimum atomic E-state index is 0.112. The monoisotopic (exact) mass is 246 g/mol. The highest BCUT2D eigenvalue weighted by atomic mass is 16.3. The number of nitrogens with zero attached hydrogens (tertiary/aromatic N) is 3. The summed E-state index contributed by atoms with van der Waals surface area (Å²) in [5.74, 6) is 0. The molecule has 0 fully saturated rings. The molecular formula is C13H18N4O. The zero-order valence-electron chi connectivity index (χ0n) is 10.5. The first-order valence-corrected chi connectivity index (χ1v) is 6.05. The predicted octanol–water partition coefficient (Wildman–Crippen LogP) is 1.12. The summed E-state index contributed by atoms with van der Waals surface area (Å²) in [6.07, 6.45) is 7.40. The summed E-state index contributed by atoms with van der Waals surface area (Å²) in [5, 5.41) is 16.4. The van der Waals surface area contributed by atoms with Crippen molar-refractivity contribution >= 4 is 0 Å². The maximum absolute atomic E-state index is 8.81. The van der Waals surface area contributed by atoms with E-state index < -0.39 is 0 Å². The molecule has 2 N–H and O–H groups in total. The van der Waals surface area contributed by atoms with Crippen LogP contribution in [0.1, 0.15) is 24.1 Å². The van der Waals surface area contributed by atoms with Gasteiger partial charge in [-0.05, 0) is 18.6 Å². The zero-order valence-corrected chi connectivity index (χ0v) is 10.5. The quantitative estimate of drug-likeness (QED) is 0.802. The molecule has 0 saturated heterocycles. The molecule has 2 heterocycles. The lowest BCUT2D eigenvalue weighted by Crippen LogP contribution is -2.17. The Morgan fingerprint density at radius 2 is 2.33 bits per heavy atom. The minimum absolute atomic E-state index is 0.112. The van der Waals surface area contributed by atoms with Crippen LogP contribution in [-0.2, 0) is 13.1 Å². The molecule has 2 aromatic heterocycles. The van der Waals surface area contributed by atoms with Gasteiger partial charge in [-0.1, -0.05) is 6.07 Å². The Bertz CT molecular complexity index is 469. The molecule has 0 aliphatic rings. The van der Waals surface area contributed by atoms with Gasteiger partial charge in [-0.25, -0.2) is 0 Å². The van der Waals surface area contributed by atoms with Crippen LogP contribution < -0.4 is 5.32 Å². The van der Waals surface area contributed by atoms with E-state index in [1.54, 1.807) is 10.9 Å². The van der Waals surface area contributed by atoms with Crippen LogP contribution in [0.5, 0.6) is 0 Å². The molecule has 18 heavy (non-hydrogen) atoms. The number of hydrogen-bond acceptors (Lipinski definition) is 4. The van der Waals surface area contributed by atoms with Gasteiger partial charge in [0.1, 0.15) is 0 Å². The van der Waals surface area contributed by atoms with E-state index in [1.165, 1.54) is 5.56 Å². The second-order valence-electron chi connectivity index (χ2n) is 4.22. The summed E-state index contributed by atoms with van der Waals surface area (Å²) in [5.41, 5.74) is 2.28. The number of aromatic nitrogens is 3. The SMILES string of the molecule is C[C@H](NCc1cnn(CCO)c1)c1cccnc1. The van der Waals surface area contributed by atoms with Crippen LogP contribution in [0.4, 0.5) is 0 Å². The van der Waals surface area contributed by atoms with Crippen LogP contribution in [0.15, 0.2) is 36.9 Å². The van der Waals surface area contributed by atoms with Crippen LogP contribution >= 0.6 is 0 Å². The Morgan fingerprint density at radius 1 is 1.44 bits per heavy atom. The Kier molecular flexibility index (Phi) is 4.44. The van der Waals surface area contributed by atoms with E-state index in [4.69, 9.17) is 5.11 Å². The molecule has 0 aliphatic carbocycles. The van der Waals surface area contributed by atoms with Crippen molar-refractivity contribution in [1.82, 2.24) is 20.1 Å². The molecule has 0 bridgehead atoms.